The Morgan fingerprint density at radius 1 is 1.35 bits per heavy atom. The van der Waals surface area contributed by atoms with Gasteiger partial charge in [-0.15, -0.1) is 0 Å². The number of carbonyl (C=O) groups is 1. The van der Waals surface area contributed by atoms with E-state index in [2.05, 4.69) is 10.3 Å². The third-order valence-corrected chi connectivity index (χ3v) is 4.13. The minimum Gasteiger partial charge on any atom is -0.344 e. The predicted octanol–water partition coefficient (Wildman–Crippen LogP) is 2.09. The number of aromatic nitrogens is 1. The van der Waals surface area contributed by atoms with Crippen LogP contribution in [0.15, 0.2) is 36.4 Å². The highest BCUT2D eigenvalue weighted by Gasteiger charge is 2.41. The Morgan fingerprint density at radius 3 is 2.80 bits per heavy atom. The molecule has 1 heterocycles. The van der Waals surface area contributed by atoms with Crippen molar-refractivity contribution in [2.75, 3.05) is 6.54 Å². The average molecular weight is 269 g/mol. The maximum absolute atomic E-state index is 12.4. The molecule has 0 saturated heterocycles. The second kappa shape index (κ2) is 4.87. The molecule has 3 N–H and O–H groups in total. The third kappa shape index (κ3) is 2.39. The van der Waals surface area contributed by atoms with Crippen molar-refractivity contribution < 1.29 is 4.79 Å². The molecule has 1 fully saturated rings. The monoisotopic (exact) mass is 269 g/mol. The molecule has 3 rings (SSSR count). The molecule has 4 heteroatoms. The summed E-state index contributed by atoms with van der Waals surface area (Å²) >= 11 is 0. The summed E-state index contributed by atoms with van der Waals surface area (Å²) in [5.41, 5.74) is 6.80. The van der Waals surface area contributed by atoms with Gasteiger partial charge in [0.15, 0.2) is 0 Å². The van der Waals surface area contributed by atoms with Gasteiger partial charge in [0, 0.05) is 11.9 Å². The molecule has 0 radical (unpaired) electrons. The molecule has 1 amide bonds. The van der Waals surface area contributed by atoms with Gasteiger partial charge < -0.3 is 11.1 Å². The number of fused-ring (bicyclic) bond motifs is 1. The zero-order chi connectivity index (χ0) is 14.2. The Hall–Kier alpha value is -1.94. The largest absolute Gasteiger partial charge is 0.344 e. The van der Waals surface area contributed by atoms with E-state index in [-0.39, 0.29) is 11.4 Å². The van der Waals surface area contributed by atoms with Crippen molar-refractivity contribution in [2.45, 2.75) is 25.3 Å². The highest BCUT2D eigenvalue weighted by molar-refractivity contribution is 5.95. The molecule has 1 aliphatic rings. The van der Waals surface area contributed by atoms with E-state index in [0.29, 0.717) is 18.2 Å². The minimum absolute atomic E-state index is 0.143. The summed E-state index contributed by atoms with van der Waals surface area (Å²) in [4.78, 5) is 16.8. The lowest BCUT2D eigenvalue weighted by Gasteiger charge is -2.29. The van der Waals surface area contributed by atoms with E-state index in [1.807, 2.05) is 37.3 Å². The lowest BCUT2D eigenvalue weighted by atomic mass is 9.95. The van der Waals surface area contributed by atoms with Gasteiger partial charge in [0.25, 0.3) is 5.91 Å². The molecule has 1 aromatic carbocycles. The van der Waals surface area contributed by atoms with Crippen LogP contribution in [0.2, 0.25) is 0 Å². The zero-order valence-electron chi connectivity index (χ0n) is 11.6. The van der Waals surface area contributed by atoms with E-state index in [1.54, 1.807) is 6.07 Å². The molecular weight excluding hydrogens is 250 g/mol. The van der Waals surface area contributed by atoms with Crippen LogP contribution in [0.4, 0.5) is 0 Å². The summed E-state index contributed by atoms with van der Waals surface area (Å²) in [5, 5.41) is 4.09. The maximum Gasteiger partial charge on any atom is 0.270 e. The van der Waals surface area contributed by atoms with E-state index in [9.17, 15) is 4.79 Å². The number of para-hydroxylation sites is 1. The zero-order valence-corrected chi connectivity index (χ0v) is 11.6. The molecule has 1 atom stereocenters. The van der Waals surface area contributed by atoms with Crippen LogP contribution in [-0.2, 0) is 0 Å². The van der Waals surface area contributed by atoms with Crippen LogP contribution >= 0.6 is 0 Å². The van der Waals surface area contributed by atoms with Gasteiger partial charge in [-0.3, -0.25) is 4.79 Å². The van der Waals surface area contributed by atoms with Gasteiger partial charge in [-0.05, 0) is 37.8 Å². The summed E-state index contributed by atoms with van der Waals surface area (Å²) < 4.78 is 0. The van der Waals surface area contributed by atoms with Crippen LogP contribution in [0.5, 0.6) is 0 Å². The second-order valence-electron chi connectivity index (χ2n) is 5.74. The smallest absolute Gasteiger partial charge is 0.270 e. The molecule has 104 valence electrons. The molecule has 2 aromatic rings. The molecule has 0 aliphatic heterocycles. The van der Waals surface area contributed by atoms with Gasteiger partial charge in [0.1, 0.15) is 5.69 Å². The topological polar surface area (TPSA) is 68.0 Å². The fourth-order valence-electron chi connectivity index (χ4n) is 2.56. The lowest BCUT2D eigenvalue weighted by Crippen LogP contribution is -2.53. The fraction of sp³-hybridized carbons (Fsp3) is 0.375. The van der Waals surface area contributed by atoms with Gasteiger partial charge in [-0.2, -0.15) is 0 Å². The summed E-state index contributed by atoms with van der Waals surface area (Å²) in [6.45, 7) is 2.47. The van der Waals surface area contributed by atoms with Gasteiger partial charge in [-0.1, -0.05) is 24.3 Å². The summed E-state index contributed by atoms with van der Waals surface area (Å²) in [5.74, 6) is 0.354. The maximum atomic E-state index is 12.4. The van der Waals surface area contributed by atoms with Gasteiger partial charge in [0.05, 0.1) is 11.1 Å². The van der Waals surface area contributed by atoms with Crippen molar-refractivity contribution in [3.8, 4) is 0 Å². The number of benzene rings is 1. The number of hydrogen-bond acceptors (Lipinski definition) is 3. The van der Waals surface area contributed by atoms with E-state index in [4.69, 9.17) is 5.73 Å². The molecule has 1 aromatic heterocycles. The van der Waals surface area contributed by atoms with E-state index in [1.165, 1.54) is 0 Å². The predicted molar refractivity (Wildman–Crippen MR) is 79.4 cm³/mol. The van der Waals surface area contributed by atoms with E-state index >= 15 is 0 Å². The second-order valence-corrected chi connectivity index (χ2v) is 5.74. The first-order valence-electron chi connectivity index (χ1n) is 7.01. The van der Waals surface area contributed by atoms with E-state index in [0.717, 1.165) is 23.7 Å². The molecule has 20 heavy (non-hydrogen) atoms. The van der Waals surface area contributed by atoms with Crippen molar-refractivity contribution in [3.63, 3.8) is 0 Å². The summed E-state index contributed by atoms with van der Waals surface area (Å²) in [6.07, 6.45) is 2.28. The molecule has 0 spiro atoms. The first-order chi connectivity index (χ1) is 9.62. The molecular formula is C16H19N3O. The number of pyridine rings is 1. The van der Waals surface area contributed by atoms with Crippen LogP contribution in [0.1, 0.15) is 30.3 Å². The van der Waals surface area contributed by atoms with Crippen LogP contribution in [0.3, 0.4) is 0 Å². The number of nitrogens with one attached hydrogen (secondary N) is 1. The first kappa shape index (κ1) is 13.1. The Morgan fingerprint density at radius 2 is 2.10 bits per heavy atom. The van der Waals surface area contributed by atoms with Crippen molar-refractivity contribution in [1.82, 2.24) is 10.3 Å². The van der Waals surface area contributed by atoms with Crippen molar-refractivity contribution in [3.05, 3.63) is 42.1 Å². The number of carbonyl (C=O) groups excluding carboxylic acids is 1. The molecule has 1 saturated carbocycles. The Labute approximate surface area is 118 Å². The number of rotatable bonds is 4. The molecule has 0 bridgehead atoms. The number of nitrogens with two attached hydrogens (primary N) is 1. The van der Waals surface area contributed by atoms with Crippen molar-refractivity contribution in [1.29, 1.82) is 0 Å². The minimum atomic E-state index is -0.315. The van der Waals surface area contributed by atoms with Crippen molar-refractivity contribution >= 4 is 16.8 Å². The standard InChI is InChI=1S/C16H19N3O/c1-16(10-17,12-7-8-12)19-15(20)14-9-6-11-4-2-3-5-13(11)18-14/h2-6,9,12H,7-8,10,17H2,1H3,(H,19,20). The Bertz CT molecular complexity index is 651. The Kier molecular flexibility index (Phi) is 3.18. The third-order valence-electron chi connectivity index (χ3n) is 4.13. The van der Waals surface area contributed by atoms with E-state index < -0.39 is 0 Å². The normalized spacial score (nSPS) is 17.7. The van der Waals surface area contributed by atoms with Gasteiger partial charge >= 0.3 is 0 Å². The SMILES string of the molecule is CC(CN)(NC(=O)c1ccc2ccccc2n1)C1CC1. The van der Waals surface area contributed by atoms with Crippen LogP contribution < -0.4 is 11.1 Å². The highest BCUT2D eigenvalue weighted by Crippen LogP contribution is 2.39. The van der Waals surface area contributed by atoms with Gasteiger partial charge in [-0.25, -0.2) is 4.98 Å². The first-order valence-corrected chi connectivity index (χ1v) is 7.01. The van der Waals surface area contributed by atoms with Gasteiger partial charge in [0.2, 0.25) is 0 Å². The van der Waals surface area contributed by atoms with Crippen LogP contribution in [0.25, 0.3) is 10.9 Å². The molecule has 1 aliphatic carbocycles. The highest BCUT2D eigenvalue weighted by atomic mass is 16.2. The molecule has 1 unspecified atom stereocenters. The summed E-state index contributed by atoms with van der Waals surface area (Å²) in [6, 6.07) is 11.5. The lowest BCUT2D eigenvalue weighted by molar-refractivity contribution is 0.0893. The number of hydrogen-bond donors (Lipinski definition) is 2. The number of nitrogens with zero attached hydrogens (tertiary/aromatic N) is 1. The van der Waals surface area contributed by atoms with Crippen LogP contribution in [0, 0.1) is 5.92 Å². The number of amides is 1. The quantitative estimate of drug-likeness (QED) is 0.893. The summed E-state index contributed by atoms with van der Waals surface area (Å²) in [7, 11) is 0. The Balaban J connectivity index is 1.84. The van der Waals surface area contributed by atoms with Crippen molar-refractivity contribution in [2.24, 2.45) is 11.7 Å². The van der Waals surface area contributed by atoms with Crippen LogP contribution in [-0.4, -0.2) is 23.0 Å². The fourth-order valence-corrected chi connectivity index (χ4v) is 2.56. The average Bonchev–Trinajstić information content (AvgIpc) is 3.31. The molecule has 4 nitrogen and oxygen atoms in total.